The van der Waals surface area contributed by atoms with Crippen LogP contribution in [0.3, 0.4) is 0 Å². The van der Waals surface area contributed by atoms with Crippen molar-refractivity contribution in [3.05, 3.63) is 58.7 Å². The summed E-state index contributed by atoms with van der Waals surface area (Å²) in [6.45, 7) is 6.36. The van der Waals surface area contributed by atoms with E-state index in [0.29, 0.717) is 29.2 Å². The Bertz CT molecular complexity index is 647. The monoisotopic (exact) mass is 269 g/mol. The average Bonchev–Trinajstić information content (AvgIpc) is 2.43. The molecule has 3 heteroatoms. The molecule has 0 radical (unpaired) electrons. The van der Waals surface area contributed by atoms with Gasteiger partial charge in [0.1, 0.15) is 5.75 Å². The normalized spacial score (nSPS) is 10.3. The summed E-state index contributed by atoms with van der Waals surface area (Å²) >= 11 is 0. The molecular formula is C17H19NO2. The fourth-order valence-electron chi connectivity index (χ4n) is 2.11. The quantitative estimate of drug-likeness (QED) is 0.682. The minimum Gasteiger partial charge on any atom is -0.492 e. The van der Waals surface area contributed by atoms with Gasteiger partial charge in [-0.25, -0.2) is 0 Å². The van der Waals surface area contributed by atoms with E-state index in [1.54, 1.807) is 18.2 Å². The molecule has 0 aliphatic carbocycles. The largest absolute Gasteiger partial charge is 0.492 e. The second-order valence-electron chi connectivity index (χ2n) is 4.83. The molecule has 0 spiro atoms. The lowest BCUT2D eigenvalue weighted by Gasteiger charge is -2.10. The summed E-state index contributed by atoms with van der Waals surface area (Å²) < 4.78 is 5.38. The van der Waals surface area contributed by atoms with Gasteiger partial charge in [-0.2, -0.15) is 0 Å². The molecule has 0 fully saturated rings. The standard InChI is InChI=1S/C17H19NO2/c1-4-20-16-8-7-13(10-15(16)18)17(19)14-9-11(2)5-6-12(14)3/h5-10H,4,18H2,1-3H3. The van der Waals surface area contributed by atoms with Gasteiger partial charge in [-0.1, -0.05) is 17.7 Å². The minimum atomic E-state index is -0.0130. The highest BCUT2D eigenvalue weighted by Crippen LogP contribution is 2.24. The first-order chi connectivity index (χ1) is 9.52. The number of nitrogens with two attached hydrogens (primary N) is 1. The van der Waals surface area contributed by atoms with E-state index >= 15 is 0 Å². The van der Waals surface area contributed by atoms with Crippen molar-refractivity contribution in [2.24, 2.45) is 0 Å². The van der Waals surface area contributed by atoms with E-state index in [2.05, 4.69) is 0 Å². The molecule has 2 aromatic carbocycles. The molecule has 0 saturated carbocycles. The van der Waals surface area contributed by atoms with Gasteiger partial charge < -0.3 is 10.5 Å². The van der Waals surface area contributed by atoms with E-state index in [0.717, 1.165) is 11.1 Å². The number of hydrogen-bond donors (Lipinski definition) is 1. The number of ether oxygens (including phenoxy) is 1. The summed E-state index contributed by atoms with van der Waals surface area (Å²) in [7, 11) is 0. The fourth-order valence-corrected chi connectivity index (χ4v) is 2.11. The molecule has 0 aliphatic rings. The summed E-state index contributed by atoms with van der Waals surface area (Å²) in [6.07, 6.45) is 0. The molecule has 3 nitrogen and oxygen atoms in total. The lowest BCUT2D eigenvalue weighted by Crippen LogP contribution is -2.06. The highest BCUT2D eigenvalue weighted by atomic mass is 16.5. The Balaban J connectivity index is 2.38. The topological polar surface area (TPSA) is 52.3 Å². The van der Waals surface area contributed by atoms with Crippen molar-refractivity contribution in [2.75, 3.05) is 12.3 Å². The molecule has 2 rings (SSSR count). The van der Waals surface area contributed by atoms with E-state index in [4.69, 9.17) is 10.5 Å². The molecule has 0 heterocycles. The van der Waals surface area contributed by atoms with Crippen LogP contribution >= 0.6 is 0 Å². The van der Waals surface area contributed by atoms with Crippen LogP contribution in [-0.4, -0.2) is 12.4 Å². The summed E-state index contributed by atoms with van der Waals surface area (Å²) in [5.41, 5.74) is 9.74. The Labute approximate surface area is 119 Å². The Hall–Kier alpha value is -2.29. The van der Waals surface area contributed by atoms with Crippen molar-refractivity contribution in [1.82, 2.24) is 0 Å². The number of hydrogen-bond acceptors (Lipinski definition) is 3. The van der Waals surface area contributed by atoms with Gasteiger partial charge in [0.2, 0.25) is 0 Å². The Morgan fingerprint density at radius 3 is 2.55 bits per heavy atom. The first-order valence-corrected chi connectivity index (χ1v) is 6.67. The Morgan fingerprint density at radius 2 is 1.90 bits per heavy atom. The zero-order chi connectivity index (χ0) is 14.7. The van der Waals surface area contributed by atoms with Crippen LogP contribution in [-0.2, 0) is 0 Å². The summed E-state index contributed by atoms with van der Waals surface area (Å²) in [5.74, 6) is 0.603. The van der Waals surface area contributed by atoms with Gasteiger partial charge in [0.15, 0.2) is 5.78 Å². The van der Waals surface area contributed by atoms with E-state index in [9.17, 15) is 4.79 Å². The van der Waals surface area contributed by atoms with Crippen LogP contribution < -0.4 is 10.5 Å². The first kappa shape index (κ1) is 14.1. The number of carbonyl (C=O) groups excluding carboxylic acids is 1. The van der Waals surface area contributed by atoms with Crippen molar-refractivity contribution in [2.45, 2.75) is 20.8 Å². The lowest BCUT2D eigenvalue weighted by atomic mass is 9.97. The van der Waals surface area contributed by atoms with Crippen molar-refractivity contribution in [1.29, 1.82) is 0 Å². The molecule has 0 amide bonds. The van der Waals surface area contributed by atoms with E-state index < -0.39 is 0 Å². The van der Waals surface area contributed by atoms with Gasteiger partial charge in [0, 0.05) is 11.1 Å². The van der Waals surface area contributed by atoms with Crippen LogP contribution in [0, 0.1) is 13.8 Å². The van der Waals surface area contributed by atoms with Gasteiger partial charge in [0.25, 0.3) is 0 Å². The summed E-state index contributed by atoms with van der Waals surface area (Å²) in [6, 6.07) is 11.0. The van der Waals surface area contributed by atoms with Crippen LogP contribution in [0.5, 0.6) is 5.75 Å². The molecule has 0 bridgehead atoms. The van der Waals surface area contributed by atoms with Gasteiger partial charge in [-0.05, 0) is 50.6 Å². The number of benzene rings is 2. The third-order valence-corrected chi connectivity index (χ3v) is 3.21. The number of rotatable bonds is 4. The van der Waals surface area contributed by atoms with Crippen LogP contribution in [0.1, 0.15) is 34.0 Å². The molecule has 0 aliphatic heterocycles. The zero-order valence-corrected chi connectivity index (χ0v) is 12.1. The predicted octanol–water partition coefficient (Wildman–Crippen LogP) is 3.52. The van der Waals surface area contributed by atoms with Gasteiger partial charge in [-0.15, -0.1) is 0 Å². The third-order valence-electron chi connectivity index (χ3n) is 3.21. The van der Waals surface area contributed by atoms with Crippen LogP contribution in [0.2, 0.25) is 0 Å². The molecule has 0 saturated heterocycles. The minimum absolute atomic E-state index is 0.0130. The maximum absolute atomic E-state index is 12.5. The predicted molar refractivity (Wildman–Crippen MR) is 81.4 cm³/mol. The highest BCUT2D eigenvalue weighted by molar-refractivity contribution is 6.10. The smallest absolute Gasteiger partial charge is 0.193 e. The molecular weight excluding hydrogens is 250 g/mol. The number of nitrogen functional groups attached to an aromatic ring is 1. The SMILES string of the molecule is CCOc1ccc(C(=O)c2cc(C)ccc2C)cc1N. The maximum atomic E-state index is 12.5. The Morgan fingerprint density at radius 1 is 1.15 bits per heavy atom. The van der Waals surface area contributed by atoms with Crippen LogP contribution in [0.4, 0.5) is 5.69 Å². The molecule has 2 aromatic rings. The lowest BCUT2D eigenvalue weighted by molar-refractivity contribution is 0.103. The highest BCUT2D eigenvalue weighted by Gasteiger charge is 2.13. The van der Waals surface area contributed by atoms with Gasteiger partial charge in [-0.3, -0.25) is 4.79 Å². The number of carbonyl (C=O) groups is 1. The van der Waals surface area contributed by atoms with Gasteiger partial charge in [0.05, 0.1) is 12.3 Å². The van der Waals surface area contributed by atoms with E-state index in [1.165, 1.54) is 0 Å². The van der Waals surface area contributed by atoms with Crippen LogP contribution in [0.25, 0.3) is 0 Å². The summed E-state index contributed by atoms with van der Waals surface area (Å²) in [5, 5.41) is 0. The number of anilines is 1. The molecule has 0 atom stereocenters. The third kappa shape index (κ3) is 2.82. The maximum Gasteiger partial charge on any atom is 0.193 e. The molecule has 0 unspecified atom stereocenters. The van der Waals surface area contributed by atoms with E-state index in [-0.39, 0.29) is 5.78 Å². The van der Waals surface area contributed by atoms with Crippen molar-refractivity contribution >= 4 is 11.5 Å². The fraction of sp³-hybridized carbons (Fsp3) is 0.235. The molecule has 0 aromatic heterocycles. The Kier molecular flexibility index (Phi) is 4.08. The van der Waals surface area contributed by atoms with Crippen LogP contribution in [0.15, 0.2) is 36.4 Å². The zero-order valence-electron chi connectivity index (χ0n) is 12.1. The summed E-state index contributed by atoms with van der Waals surface area (Å²) in [4.78, 5) is 12.5. The molecule has 104 valence electrons. The first-order valence-electron chi connectivity index (χ1n) is 6.67. The second-order valence-corrected chi connectivity index (χ2v) is 4.83. The number of aryl methyl sites for hydroxylation is 2. The molecule has 2 N–H and O–H groups in total. The second kappa shape index (κ2) is 5.78. The molecule has 20 heavy (non-hydrogen) atoms. The average molecular weight is 269 g/mol. The van der Waals surface area contributed by atoms with Crippen molar-refractivity contribution < 1.29 is 9.53 Å². The van der Waals surface area contributed by atoms with Crippen molar-refractivity contribution in [3.8, 4) is 5.75 Å². The van der Waals surface area contributed by atoms with Gasteiger partial charge >= 0.3 is 0 Å². The van der Waals surface area contributed by atoms with E-state index in [1.807, 2.05) is 39.0 Å². The number of ketones is 1. The van der Waals surface area contributed by atoms with Crippen molar-refractivity contribution in [3.63, 3.8) is 0 Å².